The summed E-state index contributed by atoms with van der Waals surface area (Å²) >= 11 is 0. The fraction of sp³-hybridized carbons (Fsp3) is 0.750. The van der Waals surface area contributed by atoms with Crippen molar-refractivity contribution in [3.05, 3.63) is 0 Å². The normalized spacial score (nSPS) is 12.2. The molecule has 0 rings (SSSR count). The van der Waals surface area contributed by atoms with E-state index in [1.165, 1.54) is 0 Å². The van der Waals surface area contributed by atoms with Gasteiger partial charge in [-0.15, -0.1) is 0 Å². The maximum Gasteiger partial charge on any atom is 0.334 e. The summed E-state index contributed by atoms with van der Waals surface area (Å²) in [4.78, 5) is 20.8. The van der Waals surface area contributed by atoms with Crippen LogP contribution in [0.1, 0.15) is 26.2 Å². The van der Waals surface area contributed by atoms with Gasteiger partial charge in [-0.3, -0.25) is 4.79 Å². The summed E-state index contributed by atoms with van der Waals surface area (Å²) in [6, 6.07) is 0. The molecule has 5 nitrogen and oxygen atoms in total. The second-order valence-corrected chi connectivity index (χ2v) is 2.59. The summed E-state index contributed by atoms with van der Waals surface area (Å²) in [5.41, 5.74) is 0. The van der Waals surface area contributed by atoms with Crippen LogP contribution in [0.4, 0.5) is 0 Å². The van der Waals surface area contributed by atoms with Gasteiger partial charge in [0, 0.05) is 6.42 Å². The van der Waals surface area contributed by atoms with Gasteiger partial charge in [0.25, 0.3) is 0 Å². The van der Waals surface area contributed by atoms with Crippen molar-refractivity contribution in [2.45, 2.75) is 32.3 Å². The van der Waals surface area contributed by atoms with Crippen molar-refractivity contribution in [1.29, 1.82) is 0 Å². The second kappa shape index (κ2) is 6.42. The van der Waals surface area contributed by atoms with Gasteiger partial charge in [0.1, 0.15) is 0 Å². The van der Waals surface area contributed by atoms with Gasteiger partial charge in [-0.1, -0.05) is 6.92 Å². The molecule has 0 radical (unpaired) electrons. The Kier molecular flexibility index (Phi) is 5.88. The molecule has 2 N–H and O–H groups in total. The lowest BCUT2D eigenvalue weighted by molar-refractivity contribution is -0.154. The summed E-state index contributed by atoms with van der Waals surface area (Å²) in [5, 5.41) is 17.2. The van der Waals surface area contributed by atoms with E-state index in [0.29, 0.717) is 6.42 Å². The first-order valence-electron chi connectivity index (χ1n) is 4.14. The molecule has 0 heterocycles. The highest BCUT2D eigenvalue weighted by atomic mass is 16.5. The van der Waals surface area contributed by atoms with Crippen molar-refractivity contribution < 1.29 is 24.5 Å². The predicted molar refractivity (Wildman–Crippen MR) is 44.1 cm³/mol. The van der Waals surface area contributed by atoms with Crippen molar-refractivity contribution in [2.24, 2.45) is 0 Å². The summed E-state index contributed by atoms with van der Waals surface area (Å²) < 4.78 is 4.59. The van der Waals surface area contributed by atoms with E-state index in [0.717, 1.165) is 0 Å². The number of aliphatic carboxylic acids is 1. The maximum atomic E-state index is 10.8. The van der Waals surface area contributed by atoms with Crippen LogP contribution in [0.5, 0.6) is 0 Å². The molecular formula is C8H14O5. The van der Waals surface area contributed by atoms with Gasteiger partial charge in [-0.2, -0.15) is 0 Å². The topological polar surface area (TPSA) is 83.8 Å². The van der Waals surface area contributed by atoms with E-state index in [9.17, 15) is 9.59 Å². The molecule has 0 aliphatic carbocycles. The molecule has 0 aromatic rings. The number of ether oxygens (including phenoxy) is 1. The molecule has 1 unspecified atom stereocenters. The second-order valence-electron chi connectivity index (χ2n) is 2.59. The fourth-order valence-electron chi connectivity index (χ4n) is 0.659. The summed E-state index contributed by atoms with van der Waals surface area (Å²) in [5.74, 6) is -1.61. The van der Waals surface area contributed by atoms with Crippen LogP contribution in [0.3, 0.4) is 0 Å². The van der Waals surface area contributed by atoms with Crippen LogP contribution in [0, 0.1) is 0 Å². The number of hydrogen-bond donors (Lipinski definition) is 2. The van der Waals surface area contributed by atoms with E-state index in [2.05, 4.69) is 4.74 Å². The van der Waals surface area contributed by atoms with Gasteiger partial charge in [-0.05, 0) is 12.8 Å². The summed E-state index contributed by atoms with van der Waals surface area (Å²) in [6.07, 6.45) is -0.546. The minimum Gasteiger partial charge on any atom is -0.481 e. The lowest BCUT2D eigenvalue weighted by Crippen LogP contribution is -2.22. The summed E-state index contributed by atoms with van der Waals surface area (Å²) in [6.45, 7) is 1.70. The zero-order valence-electron chi connectivity index (χ0n) is 7.52. The van der Waals surface area contributed by atoms with E-state index < -0.39 is 18.0 Å². The molecule has 0 saturated carbocycles. The van der Waals surface area contributed by atoms with Gasteiger partial charge >= 0.3 is 11.9 Å². The largest absolute Gasteiger partial charge is 0.481 e. The Labute approximate surface area is 76.3 Å². The van der Waals surface area contributed by atoms with Crippen LogP contribution >= 0.6 is 0 Å². The Morgan fingerprint density at radius 2 is 2.08 bits per heavy atom. The highest BCUT2D eigenvalue weighted by Gasteiger charge is 2.13. The number of rotatable bonds is 6. The number of aliphatic hydroxyl groups excluding tert-OH is 1. The minimum absolute atomic E-state index is 0.0322. The smallest absolute Gasteiger partial charge is 0.334 e. The molecule has 0 fully saturated rings. The molecule has 76 valence electrons. The molecule has 0 aliphatic rings. The molecule has 5 heteroatoms. The number of hydrogen-bond acceptors (Lipinski definition) is 4. The average Bonchev–Trinajstić information content (AvgIpc) is 2.10. The van der Waals surface area contributed by atoms with E-state index in [1.807, 2.05) is 0 Å². The standard InChI is InChI=1S/C8H14O5/c1-2-6(9)8(12)13-5-3-4-7(10)11/h6,9H,2-5H2,1H3,(H,10,11). The third-order valence-corrected chi connectivity index (χ3v) is 1.44. The van der Waals surface area contributed by atoms with Gasteiger partial charge < -0.3 is 14.9 Å². The number of carbonyl (C=O) groups is 2. The van der Waals surface area contributed by atoms with Crippen LogP contribution < -0.4 is 0 Å². The molecule has 0 aromatic carbocycles. The SMILES string of the molecule is CCC(O)C(=O)OCCCC(=O)O. The molecule has 0 aliphatic heterocycles. The van der Waals surface area contributed by atoms with Gasteiger partial charge in [0.2, 0.25) is 0 Å². The average molecular weight is 190 g/mol. The Hall–Kier alpha value is -1.10. The van der Waals surface area contributed by atoms with Gasteiger partial charge in [-0.25, -0.2) is 4.79 Å². The first-order chi connectivity index (χ1) is 6.07. The number of aliphatic hydroxyl groups is 1. The molecule has 0 spiro atoms. The van der Waals surface area contributed by atoms with Crippen LogP contribution in [0.25, 0.3) is 0 Å². The first kappa shape index (κ1) is 11.9. The van der Waals surface area contributed by atoms with E-state index >= 15 is 0 Å². The Balaban J connectivity index is 3.42. The minimum atomic E-state index is -1.09. The number of esters is 1. The fourth-order valence-corrected chi connectivity index (χ4v) is 0.659. The maximum absolute atomic E-state index is 10.8. The van der Waals surface area contributed by atoms with Crippen LogP contribution in [0.2, 0.25) is 0 Å². The highest BCUT2D eigenvalue weighted by Crippen LogP contribution is 1.96. The quantitative estimate of drug-likeness (QED) is 0.460. The highest BCUT2D eigenvalue weighted by molar-refractivity contribution is 5.74. The predicted octanol–water partition coefficient (Wildman–Crippen LogP) is 0.165. The first-order valence-corrected chi connectivity index (χ1v) is 4.14. The third kappa shape index (κ3) is 6.10. The Morgan fingerprint density at radius 3 is 2.54 bits per heavy atom. The Morgan fingerprint density at radius 1 is 1.46 bits per heavy atom. The van der Waals surface area contributed by atoms with Gasteiger partial charge in [0.05, 0.1) is 6.61 Å². The van der Waals surface area contributed by atoms with E-state index in [-0.39, 0.29) is 19.4 Å². The van der Waals surface area contributed by atoms with Crippen molar-refractivity contribution in [3.63, 3.8) is 0 Å². The van der Waals surface area contributed by atoms with E-state index in [1.54, 1.807) is 6.92 Å². The summed E-state index contributed by atoms with van der Waals surface area (Å²) in [7, 11) is 0. The van der Waals surface area contributed by atoms with Crippen LogP contribution in [0.15, 0.2) is 0 Å². The number of carboxylic acid groups (broad SMARTS) is 1. The van der Waals surface area contributed by atoms with Crippen LogP contribution in [-0.2, 0) is 14.3 Å². The molecule has 0 aromatic heterocycles. The zero-order valence-corrected chi connectivity index (χ0v) is 7.52. The molecular weight excluding hydrogens is 176 g/mol. The molecule has 0 saturated heterocycles. The van der Waals surface area contributed by atoms with Crippen molar-refractivity contribution in [2.75, 3.05) is 6.61 Å². The third-order valence-electron chi connectivity index (χ3n) is 1.44. The lowest BCUT2D eigenvalue weighted by Gasteiger charge is -2.07. The lowest BCUT2D eigenvalue weighted by atomic mass is 10.3. The molecule has 0 bridgehead atoms. The van der Waals surface area contributed by atoms with E-state index in [4.69, 9.17) is 10.2 Å². The number of carbonyl (C=O) groups excluding carboxylic acids is 1. The number of carboxylic acids is 1. The molecule has 13 heavy (non-hydrogen) atoms. The van der Waals surface area contributed by atoms with Crippen molar-refractivity contribution in [1.82, 2.24) is 0 Å². The van der Waals surface area contributed by atoms with Crippen LogP contribution in [-0.4, -0.2) is 34.9 Å². The van der Waals surface area contributed by atoms with Gasteiger partial charge in [0.15, 0.2) is 6.10 Å². The molecule has 1 atom stereocenters. The monoisotopic (exact) mass is 190 g/mol. The zero-order chi connectivity index (χ0) is 10.3. The molecule has 0 amide bonds. The van der Waals surface area contributed by atoms with Crippen molar-refractivity contribution in [3.8, 4) is 0 Å². The van der Waals surface area contributed by atoms with Crippen molar-refractivity contribution >= 4 is 11.9 Å². The Bertz CT molecular complexity index is 177.